The van der Waals surface area contributed by atoms with Gasteiger partial charge in [0, 0.05) is 32.0 Å². The van der Waals surface area contributed by atoms with Crippen LogP contribution in [0.1, 0.15) is 12.8 Å². The molecule has 1 aliphatic heterocycles. The lowest BCUT2D eigenvalue weighted by atomic mass is 10.1. The maximum atomic E-state index is 13.1. The van der Waals surface area contributed by atoms with E-state index in [1.165, 1.54) is 12.1 Å². The van der Waals surface area contributed by atoms with Gasteiger partial charge in [0.2, 0.25) is 5.91 Å². The van der Waals surface area contributed by atoms with E-state index < -0.39 is 0 Å². The van der Waals surface area contributed by atoms with Crippen molar-refractivity contribution in [2.45, 2.75) is 18.9 Å². The third-order valence-corrected chi connectivity index (χ3v) is 3.35. The summed E-state index contributed by atoms with van der Waals surface area (Å²) in [5.41, 5.74) is 0. The summed E-state index contributed by atoms with van der Waals surface area (Å²) in [5.74, 6) is 0.420. The van der Waals surface area contributed by atoms with E-state index in [9.17, 15) is 9.18 Å². The number of hydrogen-bond acceptors (Lipinski definition) is 3. The molecule has 0 spiro atoms. The van der Waals surface area contributed by atoms with Crippen LogP contribution < -0.4 is 4.74 Å². The summed E-state index contributed by atoms with van der Waals surface area (Å²) >= 11 is 0. The minimum Gasteiger partial charge on any atom is -0.490 e. The van der Waals surface area contributed by atoms with E-state index >= 15 is 0 Å². The number of amides is 1. The highest BCUT2D eigenvalue weighted by molar-refractivity contribution is 5.78. The largest absolute Gasteiger partial charge is 0.490 e. The monoisotopic (exact) mass is 280 g/mol. The normalized spacial score (nSPS) is 16.5. The molecule has 1 aliphatic rings. The fourth-order valence-electron chi connectivity index (χ4n) is 2.33. The zero-order valence-electron chi connectivity index (χ0n) is 12.0. The topological polar surface area (TPSA) is 32.8 Å². The Morgan fingerprint density at radius 1 is 1.40 bits per heavy atom. The lowest BCUT2D eigenvalue weighted by Crippen LogP contribution is -2.44. The molecule has 20 heavy (non-hydrogen) atoms. The first-order valence-electron chi connectivity index (χ1n) is 6.89. The Hall–Kier alpha value is -1.62. The van der Waals surface area contributed by atoms with Gasteiger partial charge in [0.15, 0.2) is 0 Å². The van der Waals surface area contributed by atoms with Crippen LogP contribution in [0.4, 0.5) is 4.39 Å². The quantitative estimate of drug-likeness (QED) is 0.842. The number of rotatable bonds is 4. The van der Waals surface area contributed by atoms with Crippen molar-refractivity contribution in [2.75, 3.05) is 33.7 Å². The van der Waals surface area contributed by atoms with E-state index in [-0.39, 0.29) is 17.8 Å². The van der Waals surface area contributed by atoms with Crippen LogP contribution in [0.3, 0.4) is 0 Å². The average Bonchev–Trinajstić information content (AvgIpc) is 2.38. The van der Waals surface area contributed by atoms with E-state index in [4.69, 9.17) is 4.74 Å². The minimum atomic E-state index is -0.291. The molecule has 1 heterocycles. The number of likely N-dealkylation sites (tertiary alicyclic amines) is 1. The summed E-state index contributed by atoms with van der Waals surface area (Å²) < 4.78 is 18.8. The summed E-state index contributed by atoms with van der Waals surface area (Å²) in [7, 11) is 3.77. The van der Waals surface area contributed by atoms with Crippen LogP contribution in [0.15, 0.2) is 24.3 Å². The highest BCUT2D eigenvalue weighted by Crippen LogP contribution is 2.19. The molecule has 1 fully saturated rings. The van der Waals surface area contributed by atoms with Crippen LogP contribution in [0.2, 0.25) is 0 Å². The molecule has 0 unspecified atom stereocenters. The van der Waals surface area contributed by atoms with Crippen molar-refractivity contribution in [3.63, 3.8) is 0 Å². The molecule has 0 aromatic heterocycles. The van der Waals surface area contributed by atoms with Crippen molar-refractivity contribution >= 4 is 5.91 Å². The van der Waals surface area contributed by atoms with Crippen LogP contribution in [0.25, 0.3) is 0 Å². The van der Waals surface area contributed by atoms with E-state index in [1.54, 1.807) is 12.1 Å². The smallest absolute Gasteiger partial charge is 0.236 e. The molecule has 0 atom stereocenters. The van der Waals surface area contributed by atoms with Gasteiger partial charge < -0.3 is 14.5 Å². The average molecular weight is 280 g/mol. The third kappa shape index (κ3) is 4.20. The Labute approximate surface area is 119 Å². The van der Waals surface area contributed by atoms with Gasteiger partial charge in [-0.05, 0) is 26.2 Å². The van der Waals surface area contributed by atoms with Crippen LogP contribution in [-0.4, -0.2) is 55.5 Å². The van der Waals surface area contributed by atoms with Crippen molar-refractivity contribution in [1.82, 2.24) is 9.80 Å². The summed E-state index contributed by atoms with van der Waals surface area (Å²) in [6, 6.07) is 6.19. The standard InChI is InChI=1S/C15H21FN2O2/c1-17(2)11-15(19)18-8-6-13(7-9-18)20-14-5-3-4-12(16)10-14/h3-5,10,13H,6-9,11H2,1-2H3. The first-order valence-corrected chi connectivity index (χ1v) is 6.89. The zero-order valence-corrected chi connectivity index (χ0v) is 12.0. The number of halogens is 1. The zero-order chi connectivity index (χ0) is 14.5. The molecular formula is C15H21FN2O2. The molecular weight excluding hydrogens is 259 g/mol. The molecule has 4 nitrogen and oxygen atoms in total. The molecule has 0 aliphatic carbocycles. The lowest BCUT2D eigenvalue weighted by molar-refractivity contribution is -0.133. The maximum absolute atomic E-state index is 13.1. The molecule has 5 heteroatoms. The maximum Gasteiger partial charge on any atom is 0.236 e. The Balaban J connectivity index is 1.81. The van der Waals surface area contributed by atoms with Gasteiger partial charge in [-0.3, -0.25) is 4.79 Å². The molecule has 110 valence electrons. The van der Waals surface area contributed by atoms with Crippen LogP contribution >= 0.6 is 0 Å². The van der Waals surface area contributed by atoms with E-state index in [2.05, 4.69) is 0 Å². The van der Waals surface area contributed by atoms with Crippen LogP contribution in [0.5, 0.6) is 5.75 Å². The van der Waals surface area contributed by atoms with Crippen molar-refractivity contribution in [1.29, 1.82) is 0 Å². The van der Waals surface area contributed by atoms with Crippen LogP contribution in [-0.2, 0) is 4.79 Å². The first kappa shape index (κ1) is 14.8. The number of hydrogen-bond donors (Lipinski definition) is 0. The number of piperidine rings is 1. The van der Waals surface area contributed by atoms with E-state index in [0.29, 0.717) is 25.4 Å². The molecule has 2 rings (SSSR count). The third-order valence-electron chi connectivity index (χ3n) is 3.35. The molecule has 0 N–H and O–H groups in total. The summed E-state index contributed by atoms with van der Waals surface area (Å²) in [5, 5.41) is 0. The molecule has 1 saturated heterocycles. The number of ether oxygens (including phenoxy) is 1. The van der Waals surface area contributed by atoms with Gasteiger partial charge in [0.1, 0.15) is 17.7 Å². The Kier molecular flexibility index (Phi) is 4.95. The first-order chi connectivity index (χ1) is 9.54. The summed E-state index contributed by atoms with van der Waals surface area (Å²) in [6.07, 6.45) is 1.63. The number of carbonyl (C=O) groups is 1. The van der Waals surface area contributed by atoms with Crippen molar-refractivity contribution in [2.24, 2.45) is 0 Å². The fraction of sp³-hybridized carbons (Fsp3) is 0.533. The molecule has 0 saturated carbocycles. The Morgan fingerprint density at radius 3 is 2.70 bits per heavy atom. The number of benzene rings is 1. The molecule has 0 bridgehead atoms. The van der Waals surface area contributed by atoms with Gasteiger partial charge in [0.05, 0.1) is 6.54 Å². The number of carbonyl (C=O) groups excluding carboxylic acids is 1. The molecule has 0 radical (unpaired) electrons. The van der Waals surface area contributed by atoms with Gasteiger partial charge in [-0.15, -0.1) is 0 Å². The fourth-order valence-corrected chi connectivity index (χ4v) is 2.33. The second-order valence-corrected chi connectivity index (χ2v) is 5.39. The molecule has 1 amide bonds. The predicted molar refractivity (Wildman–Crippen MR) is 75.2 cm³/mol. The Morgan fingerprint density at radius 2 is 2.10 bits per heavy atom. The van der Waals surface area contributed by atoms with E-state index in [0.717, 1.165) is 12.8 Å². The van der Waals surface area contributed by atoms with Crippen LogP contribution in [0, 0.1) is 5.82 Å². The number of likely N-dealkylation sites (N-methyl/N-ethyl adjacent to an activating group) is 1. The second kappa shape index (κ2) is 6.70. The van der Waals surface area contributed by atoms with Crippen molar-refractivity contribution in [3.8, 4) is 5.75 Å². The highest BCUT2D eigenvalue weighted by atomic mass is 19.1. The molecule has 1 aromatic rings. The Bertz CT molecular complexity index is 457. The summed E-state index contributed by atoms with van der Waals surface area (Å²) in [4.78, 5) is 15.7. The van der Waals surface area contributed by atoms with E-state index in [1.807, 2.05) is 23.9 Å². The van der Waals surface area contributed by atoms with Gasteiger partial charge in [-0.1, -0.05) is 6.07 Å². The lowest BCUT2D eigenvalue weighted by Gasteiger charge is -2.32. The number of nitrogens with zero attached hydrogens (tertiary/aromatic N) is 2. The van der Waals surface area contributed by atoms with Crippen molar-refractivity contribution in [3.05, 3.63) is 30.1 Å². The van der Waals surface area contributed by atoms with Crippen molar-refractivity contribution < 1.29 is 13.9 Å². The van der Waals surface area contributed by atoms with Gasteiger partial charge >= 0.3 is 0 Å². The highest BCUT2D eigenvalue weighted by Gasteiger charge is 2.24. The summed E-state index contributed by atoms with van der Waals surface area (Å²) in [6.45, 7) is 1.84. The SMILES string of the molecule is CN(C)CC(=O)N1CCC(Oc2cccc(F)c2)CC1. The van der Waals surface area contributed by atoms with Gasteiger partial charge in [-0.2, -0.15) is 0 Å². The van der Waals surface area contributed by atoms with Gasteiger partial charge in [0.25, 0.3) is 0 Å². The van der Waals surface area contributed by atoms with Gasteiger partial charge in [-0.25, -0.2) is 4.39 Å². The predicted octanol–water partition coefficient (Wildman–Crippen LogP) is 1.76. The molecule has 1 aromatic carbocycles. The second-order valence-electron chi connectivity index (χ2n) is 5.39. The minimum absolute atomic E-state index is 0.0557.